The first-order chi connectivity index (χ1) is 10.0. The number of fused-ring (bicyclic) bond motifs is 1. The molecule has 3 rings (SSSR count). The van der Waals surface area contributed by atoms with Crippen LogP contribution in [0.1, 0.15) is 11.9 Å². The summed E-state index contributed by atoms with van der Waals surface area (Å²) < 4.78 is 10.8. The molecule has 1 saturated heterocycles. The second-order valence-electron chi connectivity index (χ2n) is 5.19. The van der Waals surface area contributed by atoms with Crippen molar-refractivity contribution in [2.75, 3.05) is 25.6 Å². The molecular formula is C13H17N3O5. The van der Waals surface area contributed by atoms with Crippen LogP contribution in [0.3, 0.4) is 0 Å². The summed E-state index contributed by atoms with van der Waals surface area (Å²) in [5.41, 5.74) is 1.12. The van der Waals surface area contributed by atoms with Crippen LogP contribution in [-0.4, -0.2) is 64.3 Å². The zero-order valence-electron chi connectivity index (χ0n) is 11.7. The molecule has 0 bridgehead atoms. The first-order valence-corrected chi connectivity index (χ1v) is 6.58. The zero-order chi connectivity index (χ0) is 15.1. The highest BCUT2D eigenvalue weighted by atomic mass is 16.6. The summed E-state index contributed by atoms with van der Waals surface area (Å²) >= 11 is 0. The summed E-state index contributed by atoms with van der Waals surface area (Å²) in [5.74, 6) is 0.799. The monoisotopic (exact) mass is 295 g/mol. The molecule has 2 aromatic rings. The minimum Gasteiger partial charge on any atom is -0.459 e. The number of aliphatic hydroxyl groups is 3. The van der Waals surface area contributed by atoms with Gasteiger partial charge in [0.25, 0.3) is 0 Å². The van der Waals surface area contributed by atoms with E-state index in [2.05, 4.69) is 9.97 Å². The molecule has 4 atom stereocenters. The van der Waals surface area contributed by atoms with E-state index in [0.717, 1.165) is 0 Å². The number of hydrogen-bond donors (Lipinski definition) is 3. The number of anilines is 1. The van der Waals surface area contributed by atoms with Crippen molar-refractivity contribution in [2.45, 2.75) is 24.4 Å². The average Bonchev–Trinajstić information content (AvgIpc) is 3.03. The standard InChI is InChI=1S/C13H17N3O5/c1-16(2)13-10-6(3-4-20-10)14-12(15-13)11-9(19)8(18)7(5-17)21-11/h3-4,7-9,11,17-19H,5H2,1-2H3/t7-,8-,9-,11?/m1/s1. The first kappa shape index (κ1) is 14.2. The number of furan rings is 1. The Morgan fingerprint density at radius 2 is 2.00 bits per heavy atom. The maximum Gasteiger partial charge on any atom is 0.194 e. The van der Waals surface area contributed by atoms with Gasteiger partial charge in [-0.05, 0) is 0 Å². The van der Waals surface area contributed by atoms with E-state index in [9.17, 15) is 10.2 Å². The summed E-state index contributed by atoms with van der Waals surface area (Å²) in [6, 6.07) is 1.69. The van der Waals surface area contributed by atoms with Crippen LogP contribution < -0.4 is 4.90 Å². The largest absolute Gasteiger partial charge is 0.459 e. The van der Waals surface area contributed by atoms with Gasteiger partial charge in [0, 0.05) is 20.2 Å². The fourth-order valence-corrected chi connectivity index (χ4v) is 2.41. The average molecular weight is 295 g/mol. The Hall–Kier alpha value is -1.74. The van der Waals surface area contributed by atoms with Gasteiger partial charge in [0.15, 0.2) is 17.2 Å². The van der Waals surface area contributed by atoms with Crippen molar-refractivity contribution in [1.29, 1.82) is 0 Å². The van der Waals surface area contributed by atoms with Crippen LogP contribution in [0.25, 0.3) is 11.1 Å². The molecule has 21 heavy (non-hydrogen) atoms. The molecule has 1 unspecified atom stereocenters. The highest BCUT2D eigenvalue weighted by Gasteiger charge is 2.44. The third-order valence-electron chi connectivity index (χ3n) is 3.52. The number of ether oxygens (including phenoxy) is 1. The number of hydrogen-bond acceptors (Lipinski definition) is 8. The topological polar surface area (TPSA) is 112 Å². The molecule has 1 aliphatic heterocycles. The lowest BCUT2D eigenvalue weighted by atomic mass is 10.1. The molecule has 3 heterocycles. The fraction of sp³-hybridized carbons (Fsp3) is 0.538. The summed E-state index contributed by atoms with van der Waals surface area (Å²) in [7, 11) is 3.62. The smallest absolute Gasteiger partial charge is 0.194 e. The molecule has 0 saturated carbocycles. The quantitative estimate of drug-likeness (QED) is 0.691. The van der Waals surface area contributed by atoms with Crippen molar-refractivity contribution in [3.63, 3.8) is 0 Å². The summed E-state index contributed by atoms with van der Waals surface area (Å²) in [5, 5.41) is 29.0. The predicted octanol–water partition coefficient (Wildman–Crippen LogP) is -0.557. The Labute approximate surface area is 120 Å². The maximum atomic E-state index is 10.1. The van der Waals surface area contributed by atoms with Gasteiger partial charge in [0.2, 0.25) is 0 Å². The molecule has 0 radical (unpaired) electrons. The summed E-state index contributed by atoms with van der Waals surface area (Å²) in [4.78, 5) is 10.4. The second-order valence-corrected chi connectivity index (χ2v) is 5.19. The van der Waals surface area contributed by atoms with Gasteiger partial charge >= 0.3 is 0 Å². The van der Waals surface area contributed by atoms with Gasteiger partial charge in [-0.25, -0.2) is 9.97 Å². The van der Waals surface area contributed by atoms with E-state index >= 15 is 0 Å². The van der Waals surface area contributed by atoms with Crippen molar-refractivity contribution in [1.82, 2.24) is 9.97 Å². The lowest BCUT2D eigenvalue weighted by molar-refractivity contribution is -0.0251. The normalized spacial score (nSPS) is 29.2. The maximum absolute atomic E-state index is 10.1. The van der Waals surface area contributed by atoms with Crippen molar-refractivity contribution in [2.24, 2.45) is 0 Å². The van der Waals surface area contributed by atoms with Crippen LogP contribution in [-0.2, 0) is 4.74 Å². The second kappa shape index (κ2) is 5.23. The van der Waals surface area contributed by atoms with Gasteiger partial charge in [-0.1, -0.05) is 0 Å². The minimum atomic E-state index is -1.19. The summed E-state index contributed by atoms with van der Waals surface area (Å²) in [6.45, 7) is -0.386. The number of rotatable bonds is 3. The van der Waals surface area contributed by atoms with Crippen molar-refractivity contribution in [3.05, 3.63) is 18.2 Å². The van der Waals surface area contributed by atoms with Crippen molar-refractivity contribution >= 4 is 16.9 Å². The molecule has 0 amide bonds. The van der Waals surface area contributed by atoms with Gasteiger partial charge < -0.3 is 29.4 Å². The highest BCUT2D eigenvalue weighted by Crippen LogP contribution is 2.34. The molecule has 0 aliphatic carbocycles. The first-order valence-electron chi connectivity index (χ1n) is 6.58. The van der Waals surface area contributed by atoms with E-state index in [1.54, 1.807) is 11.0 Å². The lowest BCUT2D eigenvalue weighted by Crippen LogP contribution is -2.32. The van der Waals surface area contributed by atoms with Gasteiger partial charge in [-0.3, -0.25) is 0 Å². The van der Waals surface area contributed by atoms with Gasteiger partial charge in [0.1, 0.15) is 29.9 Å². The molecule has 0 aromatic carbocycles. The summed E-state index contributed by atoms with van der Waals surface area (Å²) in [6.07, 6.45) is -2.60. The Morgan fingerprint density at radius 1 is 1.24 bits per heavy atom. The van der Waals surface area contributed by atoms with Crippen LogP contribution in [0.15, 0.2) is 16.7 Å². The van der Waals surface area contributed by atoms with Gasteiger partial charge in [-0.2, -0.15) is 0 Å². The van der Waals surface area contributed by atoms with Crippen LogP contribution in [0.5, 0.6) is 0 Å². The van der Waals surface area contributed by atoms with Crippen molar-refractivity contribution < 1.29 is 24.5 Å². The van der Waals surface area contributed by atoms with E-state index in [4.69, 9.17) is 14.3 Å². The SMILES string of the molecule is CN(C)c1nc(C2O[C@H](CO)[C@@H](O)[C@H]2O)nc2ccoc12. The highest BCUT2D eigenvalue weighted by molar-refractivity contribution is 5.83. The Balaban J connectivity index is 2.05. The zero-order valence-corrected chi connectivity index (χ0v) is 11.7. The molecule has 3 N–H and O–H groups in total. The number of aliphatic hydroxyl groups excluding tert-OH is 3. The molecule has 1 aliphatic rings. The Bertz CT molecular complexity index is 644. The van der Waals surface area contributed by atoms with Crippen LogP contribution in [0.2, 0.25) is 0 Å². The van der Waals surface area contributed by atoms with E-state index in [1.165, 1.54) is 6.26 Å². The van der Waals surface area contributed by atoms with Gasteiger partial charge in [0.05, 0.1) is 12.9 Å². The predicted molar refractivity (Wildman–Crippen MR) is 72.8 cm³/mol. The Morgan fingerprint density at radius 3 is 2.62 bits per heavy atom. The minimum absolute atomic E-state index is 0.245. The molecular weight excluding hydrogens is 278 g/mol. The van der Waals surface area contributed by atoms with Crippen LogP contribution >= 0.6 is 0 Å². The van der Waals surface area contributed by atoms with E-state index in [0.29, 0.717) is 16.9 Å². The van der Waals surface area contributed by atoms with Gasteiger partial charge in [-0.15, -0.1) is 0 Å². The molecule has 8 nitrogen and oxygen atoms in total. The third-order valence-corrected chi connectivity index (χ3v) is 3.52. The molecule has 2 aromatic heterocycles. The number of aromatic nitrogens is 2. The van der Waals surface area contributed by atoms with Crippen molar-refractivity contribution in [3.8, 4) is 0 Å². The van der Waals surface area contributed by atoms with E-state index < -0.39 is 24.4 Å². The number of nitrogens with zero attached hydrogens (tertiary/aromatic N) is 3. The van der Waals surface area contributed by atoms with E-state index in [-0.39, 0.29) is 12.4 Å². The molecule has 114 valence electrons. The molecule has 0 spiro atoms. The third kappa shape index (κ3) is 2.26. The fourth-order valence-electron chi connectivity index (χ4n) is 2.41. The van der Waals surface area contributed by atoms with Crippen LogP contribution in [0, 0.1) is 0 Å². The lowest BCUT2D eigenvalue weighted by Gasteiger charge is -2.17. The van der Waals surface area contributed by atoms with Crippen LogP contribution in [0.4, 0.5) is 5.82 Å². The molecule has 8 heteroatoms. The Kier molecular flexibility index (Phi) is 3.54. The van der Waals surface area contributed by atoms with E-state index in [1.807, 2.05) is 14.1 Å². The molecule has 1 fully saturated rings.